The lowest BCUT2D eigenvalue weighted by molar-refractivity contribution is -0.274. The molecule has 0 spiro atoms. The molecule has 2 aromatic rings. The van der Waals surface area contributed by atoms with E-state index < -0.39 is 30.6 Å². The summed E-state index contributed by atoms with van der Waals surface area (Å²) in [7, 11) is 0. The summed E-state index contributed by atoms with van der Waals surface area (Å²) in [6.45, 7) is -0.586. The maximum atomic E-state index is 12.1. The van der Waals surface area contributed by atoms with Crippen LogP contribution >= 0.6 is 11.8 Å². The van der Waals surface area contributed by atoms with E-state index in [1.54, 1.807) is 24.3 Å². The summed E-state index contributed by atoms with van der Waals surface area (Å²) >= 11 is 1.24. The average Bonchev–Trinajstić information content (AvgIpc) is 2.65. The topological polar surface area (TPSA) is 88.4 Å². The third-order valence-electron chi connectivity index (χ3n) is 3.11. The van der Waals surface area contributed by atoms with Crippen LogP contribution in [0, 0.1) is 11.3 Å². The van der Waals surface area contributed by atoms with Gasteiger partial charge in [-0.2, -0.15) is 5.26 Å². The second kappa shape index (κ2) is 9.66. The lowest BCUT2D eigenvalue weighted by Crippen LogP contribution is -2.21. The van der Waals surface area contributed by atoms with E-state index in [2.05, 4.69) is 10.1 Å². The van der Waals surface area contributed by atoms with Gasteiger partial charge in [0.2, 0.25) is 0 Å². The highest BCUT2D eigenvalue weighted by Crippen LogP contribution is 2.26. The number of rotatable bonds is 7. The molecule has 1 amide bonds. The van der Waals surface area contributed by atoms with Crippen molar-refractivity contribution in [2.24, 2.45) is 0 Å². The zero-order valence-electron chi connectivity index (χ0n) is 14.2. The maximum absolute atomic E-state index is 12.1. The maximum Gasteiger partial charge on any atom is 0.573 e. The van der Waals surface area contributed by atoms with Crippen LogP contribution in [-0.4, -0.2) is 30.6 Å². The molecule has 0 bridgehead atoms. The van der Waals surface area contributed by atoms with Gasteiger partial charge in [0.1, 0.15) is 5.75 Å². The number of thioether (sulfide) groups is 1. The number of esters is 1. The van der Waals surface area contributed by atoms with Gasteiger partial charge < -0.3 is 14.8 Å². The number of hydrogen-bond donors (Lipinski definition) is 1. The molecule has 0 heterocycles. The molecule has 0 radical (unpaired) electrons. The van der Waals surface area contributed by atoms with Gasteiger partial charge in [0.25, 0.3) is 5.91 Å². The van der Waals surface area contributed by atoms with Crippen molar-refractivity contribution in [2.45, 2.75) is 11.3 Å². The van der Waals surface area contributed by atoms with E-state index in [0.717, 1.165) is 24.3 Å². The minimum absolute atomic E-state index is 0.0349. The molecule has 2 aromatic carbocycles. The fraction of sp³-hybridized carbons (Fsp3) is 0.167. The standard InChI is InChI=1S/C18H13F3N2O4S/c19-18(20,21)27-13-7-5-12(6-8-13)17(25)26-11-16(24)23-14-3-1-2-4-15(14)28-10-9-22/h1-8H,10-11H2,(H,23,24). The van der Waals surface area contributed by atoms with Gasteiger partial charge in [-0.3, -0.25) is 4.79 Å². The smallest absolute Gasteiger partial charge is 0.452 e. The Balaban J connectivity index is 1.89. The number of carbonyl (C=O) groups is 2. The molecule has 28 heavy (non-hydrogen) atoms. The van der Waals surface area contributed by atoms with Crippen molar-refractivity contribution >= 4 is 29.3 Å². The number of ether oxygens (including phenoxy) is 2. The Morgan fingerprint density at radius 3 is 2.43 bits per heavy atom. The predicted molar refractivity (Wildman–Crippen MR) is 94.8 cm³/mol. The monoisotopic (exact) mass is 410 g/mol. The summed E-state index contributed by atoms with van der Waals surface area (Å²) in [5.74, 6) is -1.75. The molecule has 0 aliphatic rings. The molecule has 0 unspecified atom stereocenters. The van der Waals surface area contributed by atoms with Gasteiger partial charge in [-0.15, -0.1) is 24.9 Å². The van der Waals surface area contributed by atoms with Gasteiger partial charge >= 0.3 is 12.3 Å². The normalized spacial score (nSPS) is 10.6. The molecule has 0 saturated heterocycles. The number of halogens is 3. The zero-order chi connectivity index (χ0) is 20.6. The second-order valence-corrected chi connectivity index (χ2v) is 6.16. The first-order valence-electron chi connectivity index (χ1n) is 7.70. The minimum atomic E-state index is -4.83. The first kappa shape index (κ1) is 21.1. The summed E-state index contributed by atoms with van der Waals surface area (Å²) in [4.78, 5) is 24.6. The van der Waals surface area contributed by atoms with Gasteiger partial charge in [0.15, 0.2) is 6.61 Å². The van der Waals surface area contributed by atoms with Crippen molar-refractivity contribution in [2.75, 3.05) is 17.7 Å². The van der Waals surface area contributed by atoms with E-state index in [9.17, 15) is 22.8 Å². The van der Waals surface area contributed by atoms with E-state index in [0.29, 0.717) is 10.6 Å². The van der Waals surface area contributed by atoms with Crippen molar-refractivity contribution in [3.05, 3.63) is 54.1 Å². The molecule has 0 fully saturated rings. The van der Waals surface area contributed by atoms with Gasteiger partial charge in [0.05, 0.1) is 23.1 Å². The fourth-order valence-corrected chi connectivity index (χ4v) is 2.67. The number of nitriles is 1. The quantitative estimate of drug-likeness (QED) is 0.548. The molecule has 0 aliphatic carbocycles. The predicted octanol–water partition coefficient (Wildman–Crippen LogP) is 4.00. The Hall–Kier alpha value is -3.19. The summed E-state index contributed by atoms with van der Waals surface area (Å²) in [5.41, 5.74) is 0.435. The van der Waals surface area contributed by atoms with E-state index in [-0.39, 0.29) is 11.3 Å². The highest BCUT2D eigenvalue weighted by Gasteiger charge is 2.31. The molecule has 2 rings (SSSR count). The van der Waals surface area contributed by atoms with Crippen LogP contribution in [-0.2, 0) is 9.53 Å². The van der Waals surface area contributed by atoms with Crippen LogP contribution < -0.4 is 10.1 Å². The molecular formula is C18H13F3N2O4S. The van der Waals surface area contributed by atoms with Crippen molar-refractivity contribution in [3.8, 4) is 11.8 Å². The van der Waals surface area contributed by atoms with Crippen molar-refractivity contribution < 1.29 is 32.2 Å². The summed E-state index contributed by atoms with van der Waals surface area (Å²) in [6.07, 6.45) is -4.83. The third-order valence-corrected chi connectivity index (χ3v) is 4.05. The van der Waals surface area contributed by atoms with E-state index in [1.165, 1.54) is 11.8 Å². The highest BCUT2D eigenvalue weighted by molar-refractivity contribution is 7.99. The van der Waals surface area contributed by atoms with Crippen LogP contribution in [0.5, 0.6) is 5.75 Å². The number of carbonyl (C=O) groups excluding carboxylic acids is 2. The molecule has 0 aromatic heterocycles. The Morgan fingerprint density at radius 1 is 1.11 bits per heavy atom. The van der Waals surface area contributed by atoms with Gasteiger partial charge in [-0.05, 0) is 36.4 Å². The molecule has 6 nitrogen and oxygen atoms in total. The first-order valence-corrected chi connectivity index (χ1v) is 8.68. The Bertz CT molecular complexity index is 880. The van der Waals surface area contributed by atoms with Crippen LogP contribution in [0.2, 0.25) is 0 Å². The second-order valence-electron chi connectivity index (χ2n) is 5.14. The van der Waals surface area contributed by atoms with Gasteiger partial charge in [-0.1, -0.05) is 12.1 Å². The lowest BCUT2D eigenvalue weighted by atomic mass is 10.2. The molecule has 0 atom stereocenters. The van der Waals surface area contributed by atoms with E-state index in [1.807, 2.05) is 6.07 Å². The van der Waals surface area contributed by atoms with E-state index >= 15 is 0 Å². The molecule has 146 valence electrons. The molecule has 0 saturated carbocycles. The number of benzene rings is 2. The number of nitrogens with zero attached hydrogens (tertiary/aromatic N) is 1. The fourth-order valence-electron chi connectivity index (χ4n) is 2.00. The van der Waals surface area contributed by atoms with Crippen LogP contribution in [0.25, 0.3) is 0 Å². The van der Waals surface area contributed by atoms with E-state index in [4.69, 9.17) is 10.00 Å². The SMILES string of the molecule is N#CCSc1ccccc1NC(=O)COC(=O)c1ccc(OC(F)(F)F)cc1. The van der Waals surface area contributed by atoms with Gasteiger partial charge in [0, 0.05) is 4.90 Å². The number of para-hydroxylation sites is 1. The van der Waals surface area contributed by atoms with Crippen molar-refractivity contribution in [1.82, 2.24) is 0 Å². The summed E-state index contributed by atoms with van der Waals surface area (Å²) < 4.78 is 44.9. The molecule has 1 N–H and O–H groups in total. The number of anilines is 1. The minimum Gasteiger partial charge on any atom is -0.452 e. The molecular weight excluding hydrogens is 397 g/mol. The van der Waals surface area contributed by atoms with Crippen LogP contribution in [0.4, 0.5) is 18.9 Å². The number of hydrogen-bond acceptors (Lipinski definition) is 6. The third kappa shape index (κ3) is 6.85. The molecule has 0 aliphatic heterocycles. The van der Waals surface area contributed by atoms with Crippen molar-refractivity contribution in [1.29, 1.82) is 5.26 Å². The zero-order valence-corrected chi connectivity index (χ0v) is 15.0. The number of amides is 1. The average molecular weight is 410 g/mol. The van der Waals surface area contributed by atoms with Crippen molar-refractivity contribution in [3.63, 3.8) is 0 Å². The first-order chi connectivity index (χ1) is 13.3. The Labute approximate surface area is 162 Å². The molecule has 10 heteroatoms. The number of alkyl halides is 3. The Kier molecular flexibility index (Phi) is 7.28. The Morgan fingerprint density at radius 2 is 1.79 bits per heavy atom. The summed E-state index contributed by atoms with van der Waals surface area (Å²) in [6, 6.07) is 12.9. The summed E-state index contributed by atoms with van der Waals surface area (Å²) in [5, 5.41) is 11.2. The van der Waals surface area contributed by atoms with Crippen LogP contribution in [0.3, 0.4) is 0 Å². The lowest BCUT2D eigenvalue weighted by Gasteiger charge is -2.11. The highest BCUT2D eigenvalue weighted by atomic mass is 32.2. The largest absolute Gasteiger partial charge is 0.573 e. The van der Waals surface area contributed by atoms with Crippen LogP contribution in [0.15, 0.2) is 53.4 Å². The van der Waals surface area contributed by atoms with Gasteiger partial charge in [-0.25, -0.2) is 4.79 Å². The van der Waals surface area contributed by atoms with Crippen LogP contribution in [0.1, 0.15) is 10.4 Å². The number of nitrogens with one attached hydrogen (secondary N) is 1.